The Morgan fingerprint density at radius 2 is 2.24 bits per heavy atom. The molecule has 1 amide bonds. The first-order chi connectivity index (χ1) is 9.65. The summed E-state index contributed by atoms with van der Waals surface area (Å²) in [4.78, 5) is 19.0. The van der Waals surface area contributed by atoms with E-state index in [-0.39, 0.29) is 24.4 Å². The third-order valence-electron chi connectivity index (χ3n) is 4.16. The molecule has 1 N–H and O–H groups in total. The lowest BCUT2D eigenvalue weighted by atomic mass is 10.0. The third-order valence-corrected chi connectivity index (χ3v) is 4.16. The molecule has 1 fully saturated rings. The van der Waals surface area contributed by atoms with Crippen LogP contribution in [0.5, 0.6) is 0 Å². The Hall–Kier alpha value is -1.07. The van der Waals surface area contributed by atoms with E-state index in [4.69, 9.17) is 4.42 Å². The largest absolute Gasteiger partial charge is 0.445 e. The number of oxazole rings is 1. The maximum Gasteiger partial charge on any atom is 0.240 e. The summed E-state index contributed by atoms with van der Waals surface area (Å²) >= 11 is 0. The van der Waals surface area contributed by atoms with Crippen LogP contribution < -0.4 is 5.32 Å². The molecular weight excluding hydrogens is 290 g/mol. The van der Waals surface area contributed by atoms with Crippen molar-refractivity contribution >= 4 is 18.3 Å². The fraction of sp³-hybridized carbons (Fsp3) is 0.733. The van der Waals surface area contributed by atoms with Crippen LogP contribution >= 0.6 is 12.4 Å². The van der Waals surface area contributed by atoms with Gasteiger partial charge in [0, 0.05) is 18.9 Å². The Labute approximate surface area is 131 Å². The highest BCUT2D eigenvalue weighted by atomic mass is 35.5. The summed E-state index contributed by atoms with van der Waals surface area (Å²) in [5.74, 6) is 2.28. The lowest BCUT2D eigenvalue weighted by Crippen LogP contribution is -2.49. The summed E-state index contributed by atoms with van der Waals surface area (Å²) in [5.41, 5.74) is 0.948. The van der Waals surface area contributed by atoms with Gasteiger partial charge in [0.15, 0.2) is 5.89 Å². The van der Waals surface area contributed by atoms with Crippen LogP contribution in [-0.4, -0.2) is 34.9 Å². The molecule has 1 saturated heterocycles. The molecule has 0 aliphatic carbocycles. The summed E-state index contributed by atoms with van der Waals surface area (Å²) in [6.45, 7) is 6.45. The molecule has 3 rings (SSSR count). The lowest BCUT2D eigenvalue weighted by molar-refractivity contribution is -0.135. The van der Waals surface area contributed by atoms with Crippen molar-refractivity contribution in [1.82, 2.24) is 15.2 Å². The highest BCUT2D eigenvalue weighted by molar-refractivity contribution is 5.85. The molecule has 0 aromatic carbocycles. The minimum Gasteiger partial charge on any atom is -0.445 e. The van der Waals surface area contributed by atoms with E-state index in [0.717, 1.165) is 49.7 Å². The number of hydrogen-bond donors (Lipinski definition) is 1. The van der Waals surface area contributed by atoms with E-state index in [2.05, 4.69) is 24.1 Å². The fourth-order valence-corrected chi connectivity index (χ4v) is 2.94. The van der Waals surface area contributed by atoms with Crippen LogP contribution in [0.3, 0.4) is 0 Å². The Balaban J connectivity index is 0.00000161. The fourth-order valence-electron chi connectivity index (χ4n) is 2.94. The molecule has 1 aromatic heterocycles. The molecule has 2 aliphatic rings. The normalized spacial score (nSPS) is 21.9. The zero-order valence-corrected chi connectivity index (χ0v) is 13.5. The van der Waals surface area contributed by atoms with Gasteiger partial charge in [-0.1, -0.05) is 20.3 Å². The van der Waals surface area contributed by atoms with Gasteiger partial charge in [-0.05, 0) is 19.4 Å². The lowest BCUT2D eigenvalue weighted by Gasteiger charge is -2.31. The molecular formula is C15H24ClN3O2. The Bertz CT molecular complexity index is 495. The first-order valence-electron chi connectivity index (χ1n) is 7.66. The van der Waals surface area contributed by atoms with Crippen LogP contribution in [0.15, 0.2) is 4.42 Å². The molecule has 0 spiro atoms. The molecule has 0 saturated carbocycles. The molecule has 6 heteroatoms. The van der Waals surface area contributed by atoms with Gasteiger partial charge in [-0.25, -0.2) is 4.98 Å². The summed E-state index contributed by atoms with van der Waals surface area (Å²) in [6.07, 6.45) is 4.06. The summed E-state index contributed by atoms with van der Waals surface area (Å²) < 4.78 is 5.78. The van der Waals surface area contributed by atoms with Crippen molar-refractivity contribution in [2.24, 2.45) is 0 Å². The van der Waals surface area contributed by atoms with Gasteiger partial charge in [0.25, 0.3) is 0 Å². The zero-order valence-electron chi connectivity index (χ0n) is 12.7. The number of fused-ring (bicyclic) bond motifs is 1. The van der Waals surface area contributed by atoms with Gasteiger partial charge in [-0.3, -0.25) is 4.79 Å². The van der Waals surface area contributed by atoms with Gasteiger partial charge in [0.1, 0.15) is 11.5 Å². The monoisotopic (exact) mass is 313 g/mol. The van der Waals surface area contributed by atoms with E-state index >= 15 is 0 Å². The Morgan fingerprint density at radius 3 is 2.90 bits per heavy atom. The molecule has 1 atom stereocenters. The van der Waals surface area contributed by atoms with E-state index < -0.39 is 0 Å². The average molecular weight is 314 g/mol. The molecule has 21 heavy (non-hydrogen) atoms. The first kappa shape index (κ1) is 16.3. The molecule has 2 aliphatic heterocycles. The molecule has 0 radical (unpaired) electrons. The highest BCUT2D eigenvalue weighted by Gasteiger charge is 2.30. The van der Waals surface area contributed by atoms with Crippen LogP contribution in [0.1, 0.15) is 56.4 Å². The van der Waals surface area contributed by atoms with Gasteiger partial charge < -0.3 is 14.6 Å². The predicted molar refractivity (Wildman–Crippen MR) is 82.6 cm³/mol. The second kappa shape index (κ2) is 6.79. The third kappa shape index (κ3) is 3.40. The van der Waals surface area contributed by atoms with Gasteiger partial charge >= 0.3 is 0 Å². The average Bonchev–Trinajstić information content (AvgIpc) is 2.90. The van der Waals surface area contributed by atoms with Crippen molar-refractivity contribution < 1.29 is 9.21 Å². The van der Waals surface area contributed by atoms with Crippen molar-refractivity contribution in [3.8, 4) is 0 Å². The van der Waals surface area contributed by atoms with Crippen molar-refractivity contribution in [1.29, 1.82) is 0 Å². The van der Waals surface area contributed by atoms with E-state index in [9.17, 15) is 4.79 Å². The SMILES string of the molecule is CC(C)c1nc2c(o1)CCN(C(=O)C1CCCCN1)C2.Cl. The number of hydrogen-bond acceptors (Lipinski definition) is 4. The number of amides is 1. The minimum atomic E-state index is 0. The topological polar surface area (TPSA) is 58.4 Å². The number of carbonyl (C=O) groups excluding carboxylic acids is 1. The number of rotatable bonds is 2. The summed E-state index contributed by atoms with van der Waals surface area (Å²) in [5, 5.41) is 3.33. The molecule has 1 aromatic rings. The quantitative estimate of drug-likeness (QED) is 0.910. The van der Waals surface area contributed by atoms with Crippen molar-refractivity contribution in [3.05, 3.63) is 17.3 Å². The van der Waals surface area contributed by atoms with Gasteiger partial charge in [-0.15, -0.1) is 12.4 Å². The van der Waals surface area contributed by atoms with Crippen LogP contribution in [0.4, 0.5) is 0 Å². The van der Waals surface area contributed by atoms with Crippen molar-refractivity contribution in [2.75, 3.05) is 13.1 Å². The number of piperidine rings is 1. The van der Waals surface area contributed by atoms with E-state index in [1.54, 1.807) is 0 Å². The summed E-state index contributed by atoms with van der Waals surface area (Å²) in [6, 6.07) is 0.00164. The van der Waals surface area contributed by atoms with Crippen LogP contribution in [0.25, 0.3) is 0 Å². The molecule has 0 bridgehead atoms. The standard InChI is InChI=1S/C15H23N3O2.ClH/c1-10(2)14-17-12-9-18(8-6-13(12)20-14)15(19)11-5-3-4-7-16-11;/h10-11,16H,3-9H2,1-2H3;1H. The highest BCUT2D eigenvalue weighted by Crippen LogP contribution is 2.24. The zero-order chi connectivity index (χ0) is 14.1. The van der Waals surface area contributed by atoms with Gasteiger partial charge in [0.2, 0.25) is 5.91 Å². The van der Waals surface area contributed by atoms with Crippen LogP contribution in [0.2, 0.25) is 0 Å². The number of halogens is 1. The molecule has 1 unspecified atom stereocenters. The first-order valence-corrected chi connectivity index (χ1v) is 7.66. The van der Waals surface area contributed by atoms with E-state index in [0.29, 0.717) is 12.5 Å². The van der Waals surface area contributed by atoms with Gasteiger partial charge in [-0.2, -0.15) is 0 Å². The second-order valence-electron chi connectivity index (χ2n) is 6.09. The van der Waals surface area contributed by atoms with Crippen molar-refractivity contribution in [2.45, 2.75) is 58.0 Å². The molecule has 3 heterocycles. The number of carbonyl (C=O) groups is 1. The minimum absolute atomic E-state index is 0. The Kier molecular flexibility index (Phi) is 5.27. The van der Waals surface area contributed by atoms with E-state index in [1.165, 1.54) is 6.42 Å². The van der Waals surface area contributed by atoms with Gasteiger partial charge in [0.05, 0.1) is 12.6 Å². The number of nitrogens with zero attached hydrogens (tertiary/aromatic N) is 2. The predicted octanol–water partition coefficient (Wildman–Crippen LogP) is 2.25. The Morgan fingerprint density at radius 1 is 1.43 bits per heavy atom. The second-order valence-corrected chi connectivity index (χ2v) is 6.09. The molecule has 5 nitrogen and oxygen atoms in total. The summed E-state index contributed by atoms with van der Waals surface area (Å²) in [7, 11) is 0. The van der Waals surface area contributed by atoms with E-state index in [1.807, 2.05) is 4.90 Å². The van der Waals surface area contributed by atoms with Crippen LogP contribution in [0, 0.1) is 0 Å². The smallest absolute Gasteiger partial charge is 0.240 e. The number of nitrogens with one attached hydrogen (secondary N) is 1. The van der Waals surface area contributed by atoms with Crippen molar-refractivity contribution in [3.63, 3.8) is 0 Å². The molecule has 118 valence electrons. The maximum absolute atomic E-state index is 12.5. The van der Waals surface area contributed by atoms with Crippen LogP contribution in [-0.2, 0) is 17.8 Å². The number of aromatic nitrogens is 1. The maximum atomic E-state index is 12.5.